The zero-order valence-corrected chi connectivity index (χ0v) is 18.8. The number of carbonyl (C=O) groups is 2. The lowest BCUT2D eigenvalue weighted by molar-refractivity contribution is -0.138. The van der Waals surface area contributed by atoms with Gasteiger partial charge in [-0.25, -0.2) is 4.79 Å². The van der Waals surface area contributed by atoms with Crippen LogP contribution in [0.5, 0.6) is 0 Å². The van der Waals surface area contributed by atoms with Gasteiger partial charge in [-0.3, -0.25) is 9.69 Å². The molecule has 0 saturated carbocycles. The maximum atomic E-state index is 13.1. The Labute approximate surface area is 190 Å². The highest BCUT2D eigenvalue weighted by Crippen LogP contribution is 2.40. The number of carbonyl (C=O) groups excluding carboxylic acids is 2. The molecule has 0 radical (unpaired) electrons. The number of nitrogens with one attached hydrogen (secondary N) is 1. The van der Waals surface area contributed by atoms with Crippen LogP contribution in [-0.4, -0.2) is 56.7 Å². The number of hydrogen-bond acceptors (Lipinski definition) is 4. The fourth-order valence-corrected chi connectivity index (χ4v) is 5.11. The van der Waals surface area contributed by atoms with Crippen LogP contribution in [0.3, 0.4) is 0 Å². The smallest absolute Gasteiger partial charge is 0.323 e. The number of rotatable bonds is 3. The number of aryl methyl sites for hydroxylation is 1. The van der Waals surface area contributed by atoms with Crippen LogP contribution in [0.4, 0.5) is 23.8 Å². The largest absolute Gasteiger partial charge is 0.416 e. The van der Waals surface area contributed by atoms with Crippen LogP contribution < -0.4 is 5.32 Å². The van der Waals surface area contributed by atoms with E-state index in [1.807, 2.05) is 0 Å². The fraction of sp³-hybridized carbons (Fsp3) is 0.522. The van der Waals surface area contributed by atoms with Crippen molar-refractivity contribution in [1.82, 2.24) is 19.6 Å². The van der Waals surface area contributed by atoms with Gasteiger partial charge in [0.05, 0.1) is 5.56 Å². The summed E-state index contributed by atoms with van der Waals surface area (Å²) < 4.78 is 40.5. The van der Waals surface area contributed by atoms with E-state index in [4.69, 9.17) is 0 Å². The predicted octanol–water partition coefficient (Wildman–Crippen LogP) is 4.27. The lowest BCUT2D eigenvalue weighted by Gasteiger charge is -2.45. The normalized spacial score (nSPS) is 18.6. The molecule has 178 valence electrons. The minimum atomic E-state index is -4.34. The van der Waals surface area contributed by atoms with Crippen molar-refractivity contribution < 1.29 is 22.8 Å². The highest BCUT2D eigenvalue weighted by Gasteiger charge is 2.44. The predicted molar refractivity (Wildman–Crippen MR) is 117 cm³/mol. The molecule has 0 unspecified atom stereocenters. The Morgan fingerprint density at radius 2 is 1.85 bits per heavy atom. The molecule has 0 bridgehead atoms. The Morgan fingerprint density at radius 3 is 2.48 bits per heavy atom. The number of benzene rings is 1. The summed E-state index contributed by atoms with van der Waals surface area (Å²) in [4.78, 5) is 28.1. The SMILES string of the molecule is CC(=O)Nc1ccn(C(=O)N2CCC3(CCCN3Cc3ccc(C(F)(F)F)c(C)c3)CC2)n1. The number of amides is 2. The fourth-order valence-electron chi connectivity index (χ4n) is 5.11. The Balaban J connectivity index is 1.40. The molecule has 2 amide bonds. The third-order valence-electron chi connectivity index (χ3n) is 6.76. The molecule has 2 saturated heterocycles. The van der Waals surface area contributed by atoms with Crippen LogP contribution in [-0.2, 0) is 17.5 Å². The molecule has 1 aromatic carbocycles. The van der Waals surface area contributed by atoms with Crippen molar-refractivity contribution in [1.29, 1.82) is 0 Å². The third kappa shape index (κ3) is 4.90. The second kappa shape index (κ2) is 8.81. The number of alkyl halides is 3. The molecule has 2 aliphatic heterocycles. The van der Waals surface area contributed by atoms with Crippen LogP contribution in [0.25, 0.3) is 0 Å². The van der Waals surface area contributed by atoms with E-state index in [-0.39, 0.29) is 23.0 Å². The minimum Gasteiger partial charge on any atom is -0.323 e. The number of anilines is 1. The van der Waals surface area contributed by atoms with Crippen molar-refractivity contribution in [3.63, 3.8) is 0 Å². The van der Waals surface area contributed by atoms with Crippen molar-refractivity contribution in [2.75, 3.05) is 25.0 Å². The standard InChI is InChI=1S/C23H28F3N5O2/c1-16-14-18(4-5-19(16)23(24,25)26)15-30-10-3-7-22(30)8-12-29(13-9-22)21(33)31-11-6-20(28-31)27-17(2)32/h4-6,11,14H,3,7-10,12-13,15H2,1-2H3,(H,27,28,32). The molecule has 3 heterocycles. The van der Waals surface area contributed by atoms with Gasteiger partial charge in [-0.2, -0.15) is 17.9 Å². The minimum absolute atomic E-state index is 0.0428. The maximum Gasteiger partial charge on any atom is 0.416 e. The van der Waals surface area contributed by atoms with E-state index < -0.39 is 11.7 Å². The summed E-state index contributed by atoms with van der Waals surface area (Å²) in [5, 5.41) is 6.68. The second-order valence-corrected chi connectivity index (χ2v) is 8.99. The molecule has 0 aliphatic carbocycles. The molecule has 1 aromatic heterocycles. The average molecular weight is 464 g/mol. The number of nitrogens with zero attached hydrogens (tertiary/aromatic N) is 4. The van der Waals surface area contributed by atoms with Crippen molar-refractivity contribution in [2.24, 2.45) is 0 Å². The van der Waals surface area contributed by atoms with Gasteiger partial charge in [0.25, 0.3) is 0 Å². The summed E-state index contributed by atoms with van der Waals surface area (Å²) >= 11 is 0. The number of aromatic nitrogens is 2. The summed E-state index contributed by atoms with van der Waals surface area (Å²) in [6.45, 7) is 5.54. The molecule has 0 atom stereocenters. The van der Waals surface area contributed by atoms with E-state index >= 15 is 0 Å². The van der Waals surface area contributed by atoms with Crippen LogP contribution in [0, 0.1) is 6.92 Å². The first-order valence-corrected chi connectivity index (χ1v) is 11.1. The molecule has 33 heavy (non-hydrogen) atoms. The van der Waals surface area contributed by atoms with Gasteiger partial charge in [0, 0.05) is 44.4 Å². The Bertz CT molecular complexity index is 1040. The Kier molecular flexibility index (Phi) is 6.22. The lowest BCUT2D eigenvalue weighted by Crippen LogP contribution is -2.53. The quantitative estimate of drug-likeness (QED) is 0.738. The van der Waals surface area contributed by atoms with Crippen molar-refractivity contribution in [3.05, 3.63) is 47.2 Å². The lowest BCUT2D eigenvalue weighted by atomic mass is 9.84. The summed E-state index contributed by atoms with van der Waals surface area (Å²) in [5.74, 6) is 0.0790. The summed E-state index contributed by atoms with van der Waals surface area (Å²) in [7, 11) is 0. The maximum absolute atomic E-state index is 13.1. The third-order valence-corrected chi connectivity index (χ3v) is 6.76. The highest BCUT2D eigenvalue weighted by atomic mass is 19.4. The zero-order valence-electron chi connectivity index (χ0n) is 18.8. The molecule has 2 aliphatic rings. The zero-order chi connectivity index (χ0) is 23.8. The van der Waals surface area contributed by atoms with E-state index in [0.717, 1.165) is 37.8 Å². The van der Waals surface area contributed by atoms with Gasteiger partial charge in [-0.05, 0) is 56.3 Å². The second-order valence-electron chi connectivity index (χ2n) is 8.99. The first-order valence-electron chi connectivity index (χ1n) is 11.1. The van der Waals surface area contributed by atoms with Crippen LogP contribution in [0.1, 0.15) is 49.3 Å². The average Bonchev–Trinajstić information content (AvgIpc) is 3.34. The van der Waals surface area contributed by atoms with Crippen molar-refractivity contribution in [2.45, 2.75) is 57.8 Å². The number of piperidine rings is 1. The van der Waals surface area contributed by atoms with Gasteiger partial charge in [0.1, 0.15) is 0 Å². The molecule has 10 heteroatoms. The molecule has 1 N–H and O–H groups in total. The van der Waals surface area contributed by atoms with Crippen LogP contribution in [0.15, 0.2) is 30.5 Å². The van der Waals surface area contributed by atoms with Gasteiger partial charge in [0.2, 0.25) is 5.91 Å². The molecular formula is C23H28F3N5O2. The first kappa shape index (κ1) is 23.3. The number of halogens is 3. The van der Waals surface area contributed by atoms with Gasteiger partial charge < -0.3 is 10.2 Å². The van der Waals surface area contributed by atoms with Gasteiger partial charge in [-0.1, -0.05) is 12.1 Å². The number of likely N-dealkylation sites (tertiary alicyclic amines) is 2. The summed E-state index contributed by atoms with van der Waals surface area (Å²) in [5.41, 5.74) is 0.488. The van der Waals surface area contributed by atoms with Crippen LogP contribution in [0.2, 0.25) is 0 Å². The topological polar surface area (TPSA) is 70.5 Å². The van der Waals surface area contributed by atoms with E-state index in [1.165, 1.54) is 30.8 Å². The molecular weight excluding hydrogens is 435 g/mol. The first-order chi connectivity index (χ1) is 15.6. The monoisotopic (exact) mass is 463 g/mol. The Hall–Kier alpha value is -2.88. The highest BCUT2D eigenvalue weighted by molar-refractivity contribution is 5.88. The molecule has 1 spiro atoms. The van der Waals surface area contributed by atoms with E-state index in [9.17, 15) is 22.8 Å². The molecule has 7 nitrogen and oxygen atoms in total. The summed E-state index contributed by atoms with van der Waals surface area (Å²) in [6, 6.07) is 5.73. The Morgan fingerprint density at radius 1 is 1.12 bits per heavy atom. The molecule has 2 aromatic rings. The van der Waals surface area contributed by atoms with Gasteiger partial charge in [0.15, 0.2) is 5.82 Å². The molecule has 4 rings (SSSR count). The van der Waals surface area contributed by atoms with E-state index in [2.05, 4.69) is 15.3 Å². The van der Waals surface area contributed by atoms with Crippen molar-refractivity contribution in [3.8, 4) is 0 Å². The van der Waals surface area contributed by atoms with Gasteiger partial charge in [-0.15, -0.1) is 5.10 Å². The molecule has 2 fully saturated rings. The van der Waals surface area contributed by atoms with Crippen molar-refractivity contribution >= 4 is 17.8 Å². The van der Waals surface area contributed by atoms with Crippen LogP contribution >= 0.6 is 0 Å². The number of hydrogen-bond donors (Lipinski definition) is 1. The summed E-state index contributed by atoms with van der Waals surface area (Å²) in [6.07, 6.45) is 0.855. The van der Waals surface area contributed by atoms with E-state index in [0.29, 0.717) is 25.5 Å². The van der Waals surface area contributed by atoms with Gasteiger partial charge >= 0.3 is 12.2 Å². The van der Waals surface area contributed by atoms with E-state index in [1.54, 1.807) is 23.1 Å².